The van der Waals surface area contributed by atoms with Gasteiger partial charge in [-0.15, -0.1) is 0 Å². The van der Waals surface area contributed by atoms with Crippen LogP contribution in [0, 0.1) is 5.92 Å². The van der Waals surface area contributed by atoms with Crippen molar-refractivity contribution in [2.75, 3.05) is 20.3 Å². The van der Waals surface area contributed by atoms with Crippen LogP contribution in [0.1, 0.15) is 110 Å². The molecule has 3 nitrogen and oxygen atoms in total. The van der Waals surface area contributed by atoms with Crippen LogP contribution in [-0.2, 0) is 9.53 Å². The molecule has 0 radical (unpaired) electrons. The summed E-state index contributed by atoms with van der Waals surface area (Å²) in [6.45, 7) is 5.98. The molecule has 1 atom stereocenters. The molecule has 0 saturated carbocycles. The zero-order valence-electron chi connectivity index (χ0n) is 17.4. The third kappa shape index (κ3) is 16.6. The predicted molar refractivity (Wildman–Crippen MR) is 109 cm³/mol. The number of amides is 1. The normalized spacial score (nSPS) is 12.3. The first kappa shape index (κ1) is 24.4. The van der Waals surface area contributed by atoms with Crippen LogP contribution in [-0.4, -0.2) is 26.2 Å². The fourth-order valence-corrected chi connectivity index (χ4v) is 3.32. The van der Waals surface area contributed by atoms with Crippen molar-refractivity contribution in [2.24, 2.45) is 5.92 Å². The van der Waals surface area contributed by atoms with Crippen LogP contribution in [0.25, 0.3) is 0 Å². The Kier molecular flexibility index (Phi) is 19.3. The number of unbranched alkanes of at least 4 members (excludes halogenated alkanes) is 10. The van der Waals surface area contributed by atoms with Gasteiger partial charge in [-0.2, -0.15) is 0 Å². The third-order valence-electron chi connectivity index (χ3n) is 5.01. The number of rotatable bonds is 19. The van der Waals surface area contributed by atoms with E-state index in [0.717, 1.165) is 32.4 Å². The average Bonchev–Trinajstić information content (AvgIpc) is 2.62. The molecule has 0 aliphatic rings. The number of nitrogens with one attached hydrogen (secondary N) is 1. The minimum atomic E-state index is 0.222. The molecule has 1 amide bonds. The maximum Gasteiger partial charge on any atom is 0.223 e. The Morgan fingerprint density at radius 3 is 1.72 bits per heavy atom. The van der Waals surface area contributed by atoms with Gasteiger partial charge in [0.05, 0.1) is 0 Å². The van der Waals surface area contributed by atoms with E-state index in [4.69, 9.17) is 4.74 Å². The topological polar surface area (TPSA) is 38.3 Å². The van der Waals surface area contributed by atoms with Crippen LogP contribution in [0.4, 0.5) is 0 Å². The van der Waals surface area contributed by atoms with Gasteiger partial charge in [0.1, 0.15) is 0 Å². The van der Waals surface area contributed by atoms with Gasteiger partial charge in [0.2, 0.25) is 5.91 Å². The highest BCUT2D eigenvalue weighted by molar-refractivity contribution is 5.78. The predicted octanol–water partition coefficient (Wildman–Crippen LogP) is 6.26. The zero-order chi connectivity index (χ0) is 18.6. The second-order valence-corrected chi connectivity index (χ2v) is 7.45. The molecule has 0 aromatic heterocycles. The van der Waals surface area contributed by atoms with Gasteiger partial charge in [0, 0.05) is 26.2 Å². The number of carbonyl (C=O) groups is 1. The minimum Gasteiger partial charge on any atom is -0.385 e. The summed E-state index contributed by atoms with van der Waals surface area (Å²) in [5.74, 6) is 0.498. The minimum absolute atomic E-state index is 0.222. The lowest BCUT2D eigenvalue weighted by Crippen LogP contribution is -2.32. The van der Waals surface area contributed by atoms with E-state index in [0.29, 0.717) is 0 Å². The Morgan fingerprint density at radius 1 is 0.760 bits per heavy atom. The Bertz CT molecular complexity index is 281. The molecule has 0 rings (SSSR count). The van der Waals surface area contributed by atoms with Gasteiger partial charge in [-0.1, -0.05) is 90.9 Å². The second-order valence-electron chi connectivity index (χ2n) is 7.45. The zero-order valence-corrected chi connectivity index (χ0v) is 17.4. The highest BCUT2D eigenvalue weighted by Gasteiger charge is 2.17. The molecule has 0 aliphatic carbocycles. The monoisotopic (exact) mass is 355 g/mol. The van der Waals surface area contributed by atoms with Crippen molar-refractivity contribution < 1.29 is 9.53 Å². The van der Waals surface area contributed by atoms with Gasteiger partial charge in [0.25, 0.3) is 0 Å². The second kappa shape index (κ2) is 19.8. The van der Waals surface area contributed by atoms with Crippen molar-refractivity contribution in [3.8, 4) is 0 Å². The molecule has 0 aromatic rings. The maximum atomic E-state index is 12.5. The van der Waals surface area contributed by atoms with Crippen LogP contribution in [0.2, 0.25) is 0 Å². The van der Waals surface area contributed by atoms with Gasteiger partial charge >= 0.3 is 0 Å². The lowest BCUT2D eigenvalue weighted by atomic mass is 9.93. The Hall–Kier alpha value is -0.570. The lowest BCUT2D eigenvalue weighted by Gasteiger charge is -2.17. The SMILES string of the molecule is CCCCCCCCCC(CCCCCCC)C(=O)NCCCOC. The molecule has 0 bridgehead atoms. The largest absolute Gasteiger partial charge is 0.385 e. The third-order valence-corrected chi connectivity index (χ3v) is 5.01. The fourth-order valence-electron chi connectivity index (χ4n) is 3.32. The van der Waals surface area contributed by atoms with E-state index in [9.17, 15) is 4.79 Å². The van der Waals surface area contributed by atoms with Crippen LogP contribution < -0.4 is 5.32 Å². The van der Waals surface area contributed by atoms with E-state index in [1.165, 1.54) is 77.0 Å². The van der Waals surface area contributed by atoms with Crippen molar-refractivity contribution in [1.82, 2.24) is 5.32 Å². The molecule has 0 saturated heterocycles. The molecular weight excluding hydrogens is 310 g/mol. The Balaban J connectivity index is 3.98. The molecule has 25 heavy (non-hydrogen) atoms. The molecule has 0 fully saturated rings. The Morgan fingerprint density at radius 2 is 1.24 bits per heavy atom. The molecular formula is C22H45NO2. The first-order valence-electron chi connectivity index (χ1n) is 11.0. The Labute approximate surface area is 157 Å². The molecule has 0 spiro atoms. The summed E-state index contributed by atoms with van der Waals surface area (Å²) in [6, 6.07) is 0. The number of hydrogen-bond donors (Lipinski definition) is 1. The quantitative estimate of drug-likeness (QED) is 0.278. The van der Waals surface area contributed by atoms with E-state index in [1.807, 2.05) is 0 Å². The van der Waals surface area contributed by atoms with Crippen LogP contribution in [0.3, 0.4) is 0 Å². The number of carbonyl (C=O) groups excluding carboxylic acids is 1. The smallest absolute Gasteiger partial charge is 0.223 e. The first-order chi connectivity index (χ1) is 12.3. The van der Waals surface area contributed by atoms with Crippen LogP contribution in [0.15, 0.2) is 0 Å². The maximum absolute atomic E-state index is 12.5. The first-order valence-corrected chi connectivity index (χ1v) is 11.0. The van der Waals surface area contributed by atoms with E-state index in [1.54, 1.807) is 7.11 Å². The summed E-state index contributed by atoms with van der Waals surface area (Å²) in [5, 5.41) is 3.12. The van der Waals surface area contributed by atoms with E-state index >= 15 is 0 Å². The van der Waals surface area contributed by atoms with Crippen molar-refractivity contribution in [1.29, 1.82) is 0 Å². The standard InChI is InChI=1S/C22H45NO2/c1-4-6-8-10-11-13-15-18-21(17-14-12-9-7-5-2)22(24)23-19-16-20-25-3/h21H,4-20H2,1-3H3,(H,23,24). The summed E-state index contributed by atoms with van der Waals surface area (Å²) < 4.78 is 5.05. The van der Waals surface area contributed by atoms with Crippen molar-refractivity contribution in [3.05, 3.63) is 0 Å². The van der Waals surface area contributed by atoms with Crippen molar-refractivity contribution in [3.63, 3.8) is 0 Å². The summed E-state index contributed by atoms with van der Waals surface area (Å²) in [7, 11) is 1.71. The summed E-state index contributed by atoms with van der Waals surface area (Å²) in [5.41, 5.74) is 0. The van der Waals surface area contributed by atoms with Gasteiger partial charge in [-0.3, -0.25) is 4.79 Å². The van der Waals surface area contributed by atoms with E-state index < -0.39 is 0 Å². The number of methoxy groups -OCH3 is 1. The average molecular weight is 356 g/mol. The molecule has 0 aliphatic heterocycles. The van der Waals surface area contributed by atoms with Crippen molar-refractivity contribution >= 4 is 5.91 Å². The molecule has 0 heterocycles. The summed E-state index contributed by atoms with van der Waals surface area (Å²) in [4.78, 5) is 12.5. The number of ether oxygens (including phenoxy) is 1. The summed E-state index contributed by atoms with van der Waals surface area (Å²) in [6.07, 6.45) is 18.7. The lowest BCUT2D eigenvalue weighted by molar-refractivity contribution is -0.125. The fraction of sp³-hybridized carbons (Fsp3) is 0.955. The van der Waals surface area contributed by atoms with Crippen molar-refractivity contribution in [2.45, 2.75) is 110 Å². The number of hydrogen-bond acceptors (Lipinski definition) is 2. The highest BCUT2D eigenvalue weighted by Crippen LogP contribution is 2.19. The van der Waals surface area contributed by atoms with Gasteiger partial charge in [-0.25, -0.2) is 0 Å². The van der Waals surface area contributed by atoms with Gasteiger partial charge in [0.15, 0.2) is 0 Å². The van der Waals surface area contributed by atoms with E-state index in [-0.39, 0.29) is 11.8 Å². The molecule has 150 valence electrons. The van der Waals surface area contributed by atoms with E-state index in [2.05, 4.69) is 19.2 Å². The van der Waals surface area contributed by atoms with Crippen LogP contribution >= 0.6 is 0 Å². The molecule has 1 N–H and O–H groups in total. The molecule has 0 aromatic carbocycles. The molecule has 3 heteroatoms. The molecule has 1 unspecified atom stereocenters. The summed E-state index contributed by atoms with van der Waals surface area (Å²) >= 11 is 0. The van der Waals surface area contributed by atoms with Gasteiger partial charge < -0.3 is 10.1 Å². The highest BCUT2D eigenvalue weighted by atomic mass is 16.5. The van der Waals surface area contributed by atoms with Gasteiger partial charge in [-0.05, 0) is 19.3 Å². The van der Waals surface area contributed by atoms with Crippen LogP contribution in [0.5, 0.6) is 0 Å².